The van der Waals surface area contributed by atoms with Gasteiger partial charge in [-0.15, -0.1) is 0 Å². The lowest BCUT2D eigenvalue weighted by molar-refractivity contribution is 0.383. The first kappa shape index (κ1) is 19.7. The molecule has 1 aliphatic heterocycles. The van der Waals surface area contributed by atoms with Crippen molar-refractivity contribution in [1.82, 2.24) is 24.1 Å². The fourth-order valence-corrected chi connectivity index (χ4v) is 4.86. The normalized spacial score (nSPS) is 15.6. The van der Waals surface area contributed by atoms with E-state index in [2.05, 4.69) is 15.1 Å². The Hall–Kier alpha value is -2.56. The molecule has 0 saturated carbocycles. The van der Waals surface area contributed by atoms with Gasteiger partial charge in [0.25, 0.3) is 0 Å². The number of sulfonamides is 1. The van der Waals surface area contributed by atoms with E-state index in [1.54, 1.807) is 24.0 Å². The zero-order valence-corrected chi connectivity index (χ0v) is 17.1. The molecule has 1 saturated heterocycles. The number of halogens is 2. The summed E-state index contributed by atoms with van der Waals surface area (Å²) in [7, 11) is -3.75. The Bertz CT molecular complexity index is 1130. The first-order chi connectivity index (χ1) is 13.8. The maximum Gasteiger partial charge on any atom is 0.243 e. The van der Waals surface area contributed by atoms with Crippen LogP contribution in [0.5, 0.6) is 0 Å². The summed E-state index contributed by atoms with van der Waals surface area (Å²) in [4.78, 5) is 10.9. The number of hydrogen-bond acceptors (Lipinski definition) is 6. The Morgan fingerprint density at radius 3 is 2.45 bits per heavy atom. The van der Waals surface area contributed by atoms with Crippen molar-refractivity contribution in [2.75, 3.05) is 31.1 Å². The molecule has 1 aromatic carbocycles. The van der Waals surface area contributed by atoms with Crippen LogP contribution in [0.3, 0.4) is 0 Å². The Kier molecular flexibility index (Phi) is 5.24. The molecule has 8 nitrogen and oxygen atoms in total. The number of hydrogen-bond donors (Lipinski definition) is 0. The Morgan fingerprint density at radius 1 is 1.07 bits per heavy atom. The topological polar surface area (TPSA) is 84.2 Å². The van der Waals surface area contributed by atoms with Gasteiger partial charge in [-0.05, 0) is 31.2 Å². The molecule has 152 valence electrons. The minimum atomic E-state index is -3.75. The molecule has 1 aliphatic rings. The quantitative estimate of drug-likeness (QED) is 0.623. The number of rotatable bonds is 4. The first-order valence-electron chi connectivity index (χ1n) is 8.90. The summed E-state index contributed by atoms with van der Waals surface area (Å²) < 4.78 is 42.1. The second-order valence-electron chi connectivity index (χ2n) is 6.55. The molecule has 0 bridgehead atoms. The number of anilines is 1. The lowest BCUT2D eigenvalue weighted by Gasteiger charge is -2.34. The summed E-state index contributed by atoms with van der Waals surface area (Å²) in [6, 6.07) is 7.06. The van der Waals surface area contributed by atoms with E-state index in [1.807, 2.05) is 17.0 Å². The third-order valence-corrected chi connectivity index (χ3v) is 6.83. The molecule has 29 heavy (non-hydrogen) atoms. The summed E-state index contributed by atoms with van der Waals surface area (Å²) >= 11 is 5.75. The van der Waals surface area contributed by atoms with Crippen LogP contribution in [0.1, 0.15) is 5.82 Å². The number of benzene rings is 1. The molecular weight excluding hydrogens is 419 g/mol. The highest BCUT2D eigenvalue weighted by Gasteiger charge is 2.29. The lowest BCUT2D eigenvalue weighted by Crippen LogP contribution is -2.49. The molecule has 4 rings (SSSR count). The van der Waals surface area contributed by atoms with Crippen molar-refractivity contribution in [3.63, 3.8) is 0 Å². The van der Waals surface area contributed by atoms with Gasteiger partial charge in [0.1, 0.15) is 17.5 Å². The summed E-state index contributed by atoms with van der Waals surface area (Å²) in [5.74, 6) is 1.31. The van der Waals surface area contributed by atoms with Gasteiger partial charge in [0.2, 0.25) is 10.0 Å². The Labute approximate surface area is 172 Å². The third-order valence-electron chi connectivity index (χ3n) is 4.64. The summed E-state index contributed by atoms with van der Waals surface area (Å²) in [6.45, 7) is 3.27. The molecule has 0 unspecified atom stereocenters. The van der Waals surface area contributed by atoms with E-state index >= 15 is 0 Å². The van der Waals surface area contributed by atoms with E-state index in [9.17, 15) is 12.8 Å². The minimum Gasteiger partial charge on any atom is -0.354 e. The van der Waals surface area contributed by atoms with Gasteiger partial charge in [-0.25, -0.2) is 27.5 Å². The van der Waals surface area contributed by atoms with Gasteiger partial charge in [0, 0.05) is 44.6 Å². The van der Waals surface area contributed by atoms with Crippen LogP contribution in [0, 0.1) is 12.7 Å². The van der Waals surface area contributed by atoms with Gasteiger partial charge in [-0.2, -0.15) is 9.40 Å². The van der Waals surface area contributed by atoms with E-state index in [0.29, 0.717) is 30.5 Å². The average Bonchev–Trinajstić information content (AvgIpc) is 3.24. The molecule has 0 atom stereocenters. The maximum absolute atomic E-state index is 13.4. The zero-order chi connectivity index (χ0) is 20.6. The highest BCUT2D eigenvalue weighted by atomic mass is 35.5. The monoisotopic (exact) mass is 436 g/mol. The van der Waals surface area contributed by atoms with Crippen LogP contribution in [-0.2, 0) is 10.0 Å². The zero-order valence-electron chi connectivity index (χ0n) is 15.5. The van der Waals surface area contributed by atoms with Crippen molar-refractivity contribution >= 4 is 27.4 Å². The minimum absolute atomic E-state index is 0.0174. The van der Waals surface area contributed by atoms with E-state index in [0.717, 1.165) is 12.1 Å². The fourth-order valence-electron chi connectivity index (χ4n) is 3.16. The van der Waals surface area contributed by atoms with Crippen LogP contribution in [0.15, 0.2) is 47.6 Å². The number of aryl methyl sites for hydroxylation is 1. The lowest BCUT2D eigenvalue weighted by atomic mass is 10.3. The van der Waals surface area contributed by atoms with Gasteiger partial charge in [0.05, 0.1) is 9.92 Å². The van der Waals surface area contributed by atoms with Crippen LogP contribution in [-0.4, -0.2) is 58.7 Å². The molecule has 2 aromatic heterocycles. The van der Waals surface area contributed by atoms with E-state index in [1.165, 1.54) is 10.4 Å². The number of aromatic nitrogens is 4. The third kappa shape index (κ3) is 3.96. The van der Waals surface area contributed by atoms with Crippen LogP contribution in [0.25, 0.3) is 5.82 Å². The second kappa shape index (κ2) is 7.69. The number of piperazine rings is 1. The molecule has 0 spiro atoms. The summed E-state index contributed by atoms with van der Waals surface area (Å²) in [6.07, 6.45) is 3.46. The molecule has 11 heteroatoms. The van der Waals surface area contributed by atoms with Crippen molar-refractivity contribution in [2.45, 2.75) is 11.8 Å². The molecule has 0 radical (unpaired) electrons. The van der Waals surface area contributed by atoms with Crippen molar-refractivity contribution in [2.24, 2.45) is 0 Å². The van der Waals surface area contributed by atoms with E-state index < -0.39 is 15.8 Å². The molecule has 1 fully saturated rings. The van der Waals surface area contributed by atoms with Crippen LogP contribution >= 0.6 is 11.6 Å². The largest absolute Gasteiger partial charge is 0.354 e. The number of nitrogens with zero attached hydrogens (tertiary/aromatic N) is 6. The maximum atomic E-state index is 13.4. The molecule has 3 heterocycles. The van der Waals surface area contributed by atoms with Gasteiger partial charge < -0.3 is 4.90 Å². The molecule has 0 aliphatic carbocycles. The van der Waals surface area contributed by atoms with Gasteiger partial charge >= 0.3 is 0 Å². The first-order valence-corrected chi connectivity index (χ1v) is 10.7. The predicted octanol–water partition coefficient (Wildman–Crippen LogP) is 2.27. The summed E-state index contributed by atoms with van der Waals surface area (Å²) in [5.41, 5.74) is 0. The fraction of sp³-hybridized carbons (Fsp3) is 0.278. The highest BCUT2D eigenvalue weighted by Crippen LogP contribution is 2.24. The second-order valence-corrected chi connectivity index (χ2v) is 8.89. The smallest absolute Gasteiger partial charge is 0.243 e. The summed E-state index contributed by atoms with van der Waals surface area (Å²) in [5, 5.41) is 3.97. The van der Waals surface area contributed by atoms with Gasteiger partial charge in [0.15, 0.2) is 5.82 Å². The van der Waals surface area contributed by atoms with Crippen LogP contribution < -0.4 is 4.90 Å². The van der Waals surface area contributed by atoms with Crippen molar-refractivity contribution < 1.29 is 12.8 Å². The highest BCUT2D eigenvalue weighted by molar-refractivity contribution is 7.89. The van der Waals surface area contributed by atoms with Crippen molar-refractivity contribution in [3.8, 4) is 5.82 Å². The molecular formula is C18H18ClFN6O2S. The van der Waals surface area contributed by atoms with Crippen molar-refractivity contribution in [3.05, 3.63) is 59.4 Å². The van der Waals surface area contributed by atoms with Gasteiger partial charge in [-0.1, -0.05) is 11.6 Å². The Morgan fingerprint density at radius 2 is 1.79 bits per heavy atom. The van der Waals surface area contributed by atoms with Gasteiger partial charge in [-0.3, -0.25) is 0 Å². The van der Waals surface area contributed by atoms with Crippen LogP contribution in [0.4, 0.5) is 10.2 Å². The molecule has 0 N–H and O–H groups in total. The molecule has 0 amide bonds. The van der Waals surface area contributed by atoms with E-state index in [4.69, 9.17) is 11.6 Å². The Balaban J connectivity index is 1.52. The molecule has 3 aromatic rings. The SMILES string of the molecule is Cc1nc(N2CCN(S(=O)(=O)c3ccc(F)c(Cl)c3)CC2)cc(-n2cccn2)n1. The van der Waals surface area contributed by atoms with Crippen LogP contribution in [0.2, 0.25) is 5.02 Å². The standard InChI is InChI=1S/C18H18ClFN6O2S/c1-13-22-17(12-18(23-13)26-6-2-5-21-26)24-7-9-25(10-8-24)29(27,28)14-3-4-16(20)15(19)11-14/h2-6,11-12H,7-10H2,1H3. The van der Waals surface area contributed by atoms with Crippen molar-refractivity contribution in [1.29, 1.82) is 0 Å². The van der Waals surface area contributed by atoms with E-state index in [-0.39, 0.29) is 23.0 Å². The average molecular weight is 437 g/mol. The predicted molar refractivity (Wildman–Crippen MR) is 106 cm³/mol.